The van der Waals surface area contributed by atoms with E-state index in [1.807, 2.05) is 0 Å². The molecule has 76 valence electrons. The van der Waals surface area contributed by atoms with E-state index >= 15 is 0 Å². The van der Waals surface area contributed by atoms with E-state index < -0.39 is 11.2 Å². The zero-order valence-electron chi connectivity index (χ0n) is 6.78. The van der Waals surface area contributed by atoms with E-state index in [4.69, 9.17) is 10.2 Å². The summed E-state index contributed by atoms with van der Waals surface area (Å²) in [6, 6.07) is 4.86. The maximum Gasteiger partial charge on any atom is 0.393 e. The van der Waals surface area contributed by atoms with Crippen LogP contribution in [-0.2, 0) is 4.79 Å². The number of carbonyl (C=O) groups is 1. The summed E-state index contributed by atoms with van der Waals surface area (Å²) < 4.78 is 25.3. The largest absolute Gasteiger partial charge is 0.508 e. The number of carboxylic acids is 1. The molecule has 0 unspecified atom stereocenters. The number of thioether (sulfide) groups is 1. The third-order valence-electron chi connectivity index (χ3n) is 1.33. The van der Waals surface area contributed by atoms with Crippen LogP contribution in [0.1, 0.15) is 0 Å². The molecule has 3 nitrogen and oxygen atoms in total. The van der Waals surface area contributed by atoms with Crippen molar-refractivity contribution in [1.29, 1.82) is 0 Å². The first kappa shape index (κ1) is 10.8. The number of hydrogen-bond donors (Lipinski definition) is 2. The molecule has 0 saturated heterocycles. The molecule has 0 amide bonds. The molecule has 0 bridgehead atoms. The van der Waals surface area contributed by atoms with Crippen LogP contribution >= 0.6 is 11.8 Å². The molecule has 0 heterocycles. The summed E-state index contributed by atoms with van der Waals surface area (Å²) in [6.45, 7) is 0. The van der Waals surface area contributed by atoms with Crippen molar-refractivity contribution in [3.8, 4) is 5.75 Å². The molecule has 0 aliphatic heterocycles. The SMILES string of the molecule is O=C(O)C(F)(F)Sc1ccc(O)cc1. The van der Waals surface area contributed by atoms with E-state index in [1.165, 1.54) is 24.3 Å². The molecular formula is C8H6F2O3S. The fourth-order valence-corrected chi connectivity index (χ4v) is 1.36. The maximum atomic E-state index is 12.6. The predicted molar refractivity (Wildman–Crippen MR) is 46.5 cm³/mol. The fraction of sp³-hybridized carbons (Fsp3) is 0.125. The summed E-state index contributed by atoms with van der Waals surface area (Å²) in [4.78, 5) is 10.2. The van der Waals surface area contributed by atoms with Crippen LogP contribution in [0.5, 0.6) is 5.75 Å². The zero-order chi connectivity index (χ0) is 10.8. The lowest BCUT2D eigenvalue weighted by molar-refractivity contribution is -0.152. The van der Waals surface area contributed by atoms with Gasteiger partial charge in [0.15, 0.2) is 0 Å². The van der Waals surface area contributed by atoms with Crippen molar-refractivity contribution in [2.45, 2.75) is 10.2 Å². The van der Waals surface area contributed by atoms with Crippen molar-refractivity contribution in [3.05, 3.63) is 24.3 Å². The smallest absolute Gasteiger partial charge is 0.393 e. The third-order valence-corrected chi connectivity index (χ3v) is 2.27. The number of halogens is 2. The van der Waals surface area contributed by atoms with Crippen molar-refractivity contribution in [1.82, 2.24) is 0 Å². The lowest BCUT2D eigenvalue weighted by Gasteiger charge is -2.09. The minimum Gasteiger partial charge on any atom is -0.508 e. The van der Waals surface area contributed by atoms with Crippen molar-refractivity contribution >= 4 is 17.7 Å². The van der Waals surface area contributed by atoms with Gasteiger partial charge >= 0.3 is 11.2 Å². The summed E-state index contributed by atoms with van der Waals surface area (Å²) in [6.07, 6.45) is 0. The molecule has 0 atom stereocenters. The Morgan fingerprint density at radius 2 is 1.79 bits per heavy atom. The summed E-state index contributed by atoms with van der Waals surface area (Å²) in [5.41, 5.74) is 0. The molecule has 1 rings (SSSR count). The van der Waals surface area contributed by atoms with Gasteiger partial charge < -0.3 is 10.2 Å². The molecule has 6 heteroatoms. The topological polar surface area (TPSA) is 57.5 Å². The van der Waals surface area contributed by atoms with Gasteiger partial charge in [-0.25, -0.2) is 4.79 Å². The Hall–Kier alpha value is -1.30. The number of aliphatic carboxylic acids is 1. The molecule has 0 fully saturated rings. The van der Waals surface area contributed by atoms with Crippen molar-refractivity contribution in [3.63, 3.8) is 0 Å². The van der Waals surface area contributed by atoms with E-state index in [9.17, 15) is 13.6 Å². The van der Waals surface area contributed by atoms with Crippen LogP contribution in [0.15, 0.2) is 29.2 Å². The monoisotopic (exact) mass is 220 g/mol. The Morgan fingerprint density at radius 1 is 1.29 bits per heavy atom. The number of alkyl halides is 2. The summed E-state index contributed by atoms with van der Waals surface area (Å²) in [5, 5.41) is 13.1. The van der Waals surface area contributed by atoms with E-state index in [2.05, 4.69) is 0 Å². The lowest BCUT2D eigenvalue weighted by Crippen LogP contribution is -2.23. The zero-order valence-corrected chi connectivity index (χ0v) is 7.59. The second kappa shape index (κ2) is 3.83. The fourth-order valence-electron chi connectivity index (χ4n) is 0.706. The summed E-state index contributed by atoms with van der Waals surface area (Å²) in [5.74, 6) is -2.25. The highest BCUT2D eigenvalue weighted by atomic mass is 32.2. The van der Waals surface area contributed by atoms with Crippen molar-refractivity contribution < 1.29 is 23.8 Å². The van der Waals surface area contributed by atoms with Gasteiger partial charge in [-0.3, -0.25) is 0 Å². The molecule has 0 aromatic heterocycles. The van der Waals surface area contributed by atoms with Crippen molar-refractivity contribution in [2.75, 3.05) is 0 Å². The highest BCUT2D eigenvalue weighted by Gasteiger charge is 2.40. The molecule has 14 heavy (non-hydrogen) atoms. The average molecular weight is 220 g/mol. The van der Waals surface area contributed by atoms with E-state index in [0.717, 1.165) is 0 Å². The number of phenolic OH excluding ortho intramolecular Hbond substituents is 1. The van der Waals surface area contributed by atoms with Crippen LogP contribution in [0.2, 0.25) is 0 Å². The first-order valence-electron chi connectivity index (χ1n) is 3.51. The Balaban J connectivity index is 2.79. The van der Waals surface area contributed by atoms with Crippen LogP contribution in [0.3, 0.4) is 0 Å². The van der Waals surface area contributed by atoms with Crippen LogP contribution in [0.4, 0.5) is 8.78 Å². The number of hydrogen-bond acceptors (Lipinski definition) is 3. The summed E-state index contributed by atoms with van der Waals surface area (Å²) in [7, 11) is 0. The Kier molecular flexibility index (Phi) is 2.95. The second-order valence-corrected chi connectivity index (χ2v) is 3.61. The minimum atomic E-state index is -3.85. The predicted octanol–water partition coefficient (Wildman–Crippen LogP) is 2.16. The van der Waals surface area contributed by atoms with Crippen molar-refractivity contribution in [2.24, 2.45) is 0 Å². The highest BCUT2D eigenvalue weighted by Crippen LogP contribution is 2.36. The molecule has 0 radical (unpaired) electrons. The molecule has 1 aromatic rings. The second-order valence-electron chi connectivity index (χ2n) is 2.42. The van der Waals surface area contributed by atoms with E-state index in [-0.39, 0.29) is 22.4 Å². The van der Waals surface area contributed by atoms with Gasteiger partial charge in [-0.2, -0.15) is 8.78 Å². The summed E-state index contributed by atoms with van der Waals surface area (Å²) >= 11 is -0.0813. The third kappa shape index (κ3) is 2.59. The lowest BCUT2D eigenvalue weighted by atomic mass is 10.3. The molecule has 0 saturated carbocycles. The normalized spacial score (nSPS) is 11.3. The van der Waals surface area contributed by atoms with Gasteiger partial charge in [0, 0.05) is 4.90 Å². The number of carboxylic acid groups (broad SMARTS) is 1. The molecule has 0 aliphatic carbocycles. The number of rotatable bonds is 3. The van der Waals surface area contributed by atoms with Gasteiger partial charge in [0.25, 0.3) is 0 Å². The molecule has 0 spiro atoms. The van der Waals surface area contributed by atoms with Crippen LogP contribution in [-0.4, -0.2) is 21.4 Å². The number of aromatic hydroxyl groups is 1. The van der Waals surface area contributed by atoms with Gasteiger partial charge in [-0.15, -0.1) is 0 Å². The molecule has 0 aliphatic rings. The van der Waals surface area contributed by atoms with Gasteiger partial charge in [-0.1, -0.05) is 0 Å². The van der Waals surface area contributed by atoms with E-state index in [0.29, 0.717) is 0 Å². The Labute approximate surface area is 82.4 Å². The number of phenols is 1. The quantitative estimate of drug-likeness (QED) is 0.766. The molecule has 1 aromatic carbocycles. The molecular weight excluding hydrogens is 214 g/mol. The van der Waals surface area contributed by atoms with Crippen LogP contribution < -0.4 is 0 Å². The van der Waals surface area contributed by atoms with Crippen LogP contribution in [0, 0.1) is 0 Å². The minimum absolute atomic E-state index is 0.0620. The van der Waals surface area contributed by atoms with Gasteiger partial charge in [0.1, 0.15) is 5.75 Å². The Morgan fingerprint density at radius 3 is 2.21 bits per heavy atom. The maximum absolute atomic E-state index is 12.6. The standard InChI is InChI=1S/C8H6F2O3S/c9-8(10,7(12)13)14-6-3-1-5(11)2-4-6/h1-4,11H,(H,12,13). The van der Waals surface area contributed by atoms with Gasteiger partial charge in [0.2, 0.25) is 0 Å². The average Bonchev–Trinajstić information content (AvgIpc) is 2.08. The van der Waals surface area contributed by atoms with E-state index in [1.54, 1.807) is 0 Å². The number of benzene rings is 1. The molecule has 2 N–H and O–H groups in total. The van der Waals surface area contributed by atoms with Crippen LogP contribution in [0.25, 0.3) is 0 Å². The first-order valence-corrected chi connectivity index (χ1v) is 4.33. The first-order chi connectivity index (χ1) is 6.42. The Bertz CT molecular complexity index is 337. The van der Waals surface area contributed by atoms with Gasteiger partial charge in [0.05, 0.1) is 0 Å². The highest BCUT2D eigenvalue weighted by molar-refractivity contribution is 8.01. The van der Waals surface area contributed by atoms with Gasteiger partial charge in [-0.05, 0) is 36.0 Å².